The molecule has 1 rings (SSSR count). The predicted octanol–water partition coefficient (Wildman–Crippen LogP) is 1.04. The van der Waals surface area contributed by atoms with Gasteiger partial charge >= 0.3 is 0 Å². The number of carbonyl (C=O) groups excluding carboxylic acids is 1. The van der Waals surface area contributed by atoms with Crippen LogP contribution in [0.25, 0.3) is 0 Å². The minimum Gasteiger partial charge on any atom is -0.391 e. The quantitative estimate of drug-likeness (QED) is 0.652. The van der Waals surface area contributed by atoms with Gasteiger partial charge < -0.3 is 15.7 Å². The Hall–Kier alpha value is -0.610. The zero-order chi connectivity index (χ0) is 12.7. The van der Waals surface area contributed by atoms with E-state index in [0.717, 1.165) is 13.0 Å². The van der Waals surface area contributed by atoms with Gasteiger partial charge in [0.2, 0.25) is 5.91 Å². The van der Waals surface area contributed by atoms with Crippen LogP contribution in [0, 0.1) is 5.92 Å². The molecule has 0 radical (unpaired) electrons. The van der Waals surface area contributed by atoms with Crippen LogP contribution in [0.15, 0.2) is 0 Å². The summed E-state index contributed by atoms with van der Waals surface area (Å²) < 4.78 is 0. The number of carbonyl (C=O) groups is 1. The summed E-state index contributed by atoms with van der Waals surface area (Å²) in [6.45, 7) is 5.35. The fourth-order valence-electron chi connectivity index (χ4n) is 2.02. The molecule has 100 valence electrons. The molecule has 1 fully saturated rings. The Morgan fingerprint density at radius 3 is 2.82 bits per heavy atom. The first-order valence-electron chi connectivity index (χ1n) is 6.77. The Bertz CT molecular complexity index is 225. The van der Waals surface area contributed by atoms with Crippen LogP contribution in [0.1, 0.15) is 46.0 Å². The number of piperidine rings is 1. The van der Waals surface area contributed by atoms with E-state index >= 15 is 0 Å². The molecule has 2 unspecified atom stereocenters. The molecule has 4 nitrogen and oxygen atoms in total. The van der Waals surface area contributed by atoms with Crippen molar-refractivity contribution in [2.75, 3.05) is 13.1 Å². The predicted molar refractivity (Wildman–Crippen MR) is 68.7 cm³/mol. The van der Waals surface area contributed by atoms with Gasteiger partial charge in [-0.1, -0.05) is 20.3 Å². The van der Waals surface area contributed by atoms with Crippen LogP contribution in [-0.2, 0) is 4.79 Å². The Kier molecular flexibility index (Phi) is 6.52. The Balaban J connectivity index is 2.08. The molecular weight excluding hydrogens is 216 g/mol. The van der Waals surface area contributed by atoms with Crippen LogP contribution >= 0.6 is 0 Å². The summed E-state index contributed by atoms with van der Waals surface area (Å²) >= 11 is 0. The van der Waals surface area contributed by atoms with Gasteiger partial charge in [0.05, 0.1) is 6.10 Å². The third kappa shape index (κ3) is 6.03. The van der Waals surface area contributed by atoms with Gasteiger partial charge in [-0.15, -0.1) is 0 Å². The van der Waals surface area contributed by atoms with E-state index in [9.17, 15) is 9.90 Å². The number of hydrogen-bond acceptors (Lipinski definition) is 3. The molecule has 4 heteroatoms. The number of amides is 1. The molecule has 0 saturated carbocycles. The number of hydrogen-bond donors (Lipinski definition) is 3. The van der Waals surface area contributed by atoms with Crippen LogP contribution in [0.2, 0.25) is 0 Å². The van der Waals surface area contributed by atoms with Crippen molar-refractivity contribution in [1.82, 2.24) is 10.6 Å². The summed E-state index contributed by atoms with van der Waals surface area (Å²) in [5.41, 5.74) is 0. The summed E-state index contributed by atoms with van der Waals surface area (Å²) in [4.78, 5) is 11.6. The van der Waals surface area contributed by atoms with Crippen molar-refractivity contribution in [3.05, 3.63) is 0 Å². The van der Waals surface area contributed by atoms with Gasteiger partial charge in [0.25, 0.3) is 0 Å². The fourth-order valence-corrected chi connectivity index (χ4v) is 2.02. The van der Waals surface area contributed by atoms with Crippen LogP contribution in [0.4, 0.5) is 0 Å². The maximum Gasteiger partial charge on any atom is 0.220 e. The smallest absolute Gasteiger partial charge is 0.220 e. The zero-order valence-corrected chi connectivity index (χ0v) is 11.0. The van der Waals surface area contributed by atoms with E-state index in [1.165, 1.54) is 19.3 Å². The Labute approximate surface area is 104 Å². The van der Waals surface area contributed by atoms with Gasteiger partial charge in [-0.2, -0.15) is 0 Å². The van der Waals surface area contributed by atoms with Crippen molar-refractivity contribution in [2.45, 2.75) is 58.1 Å². The first-order valence-corrected chi connectivity index (χ1v) is 6.77. The molecule has 0 aromatic carbocycles. The van der Waals surface area contributed by atoms with Gasteiger partial charge in [-0.05, 0) is 31.7 Å². The van der Waals surface area contributed by atoms with E-state index in [2.05, 4.69) is 10.6 Å². The topological polar surface area (TPSA) is 61.4 Å². The van der Waals surface area contributed by atoms with Gasteiger partial charge in [0.15, 0.2) is 0 Å². The van der Waals surface area contributed by atoms with E-state index in [4.69, 9.17) is 0 Å². The maximum atomic E-state index is 11.6. The molecule has 1 aliphatic rings. The van der Waals surface area contributed by atoms with Gasteiger partial charge in [-0.3, -0.25) is 4.79 Å². The number of nitrogens with one attached hydrogen (secondary N) is 2. The summed E-state index contributed by atoms with van der Waals surface area (Å²) in [5.74, 6) is 0.243. The van der Waals surface area contributed by atoms with Gasteiger partial charge in [-0.25, -0.2) is 0 Å². The average Bonchev–Trinajstić information content (AvgIpc) is 2.34. The number of aliphatic hydroxyl groups is 1. The third-order valence-electron chi connectivity index (χ3n) is 3.41. The molecule has 1 saturated heterocycles. The van der Waals surface area contributed by atoms with Crippen molar-refractivity contribution in [1.29, 1.82) is 0 Å². The molecule has 1 aliphatic heterocycles. The standard InChI is InChI=1S/C13H26N2O2/c1-10(2)12(16)9-15-13(17)7-6-11-5-3-4-8-14-11/h10-12,14,16H,3-9H2,1-2H3,(H,15,17). The SMILES string of the molecule is CC(C)C(O)CNC(=O)CCC1CCCCN1. The highest BCUT2D eigenvalue weighted by Crippen LogP contribution is 2.11. The van der Waals surface area contributed by atoms with Crippen molar-refractivity contribution in [3.8, 4) is 0 Å². The fraction of sp³-hybridized carbons (Fsp3) is 0.923. The lowest BCUT2D eigenvalue weighted by Gasteiger charge is -2.23. The molecule has 1 heterocycles. The molecule has 0 aliphatic carbocycles. The molecular formula is C13H26N2O2. The monoisotopic (exact) mass is 242 g/mol. The maximum absolute atomic E-state index is 11.6. The highest BCUT2D eigenvalue weighted by atomic mass is 16.3. The second kappa shape index (κ2) is 7.67. The lowest BCUT2D eigenvalue weighted by atomic mass is 10.0. The minimum atomic E-state index is -0.438. The summed E-state index contributed by atoms with van der Waals surface area (Å²) in [6, 6.07) is 0.504. The van der Waals surface area contributed by atoms with Crippen molar-refractivity contribution in [2.24, 2.45) is 5.92 Å². The van der Waals surface area contributed by atoms with E-state index in [1.807, 2.05) is 13.8 Å². The van der Waals surface area contributed by atoms with E-state index in [1.54, 1.807) is 0 Å². The first kappa shape index (κ1) is 14.5. The lowest BCUT2D eigenvalue weighted by molar-refractivity contribution is -0.121. The summed E-state index contributed by atoms with van der Waals surface area (Å²) in [7, 11) is 0. The van der Waals surface area contributed by atoms with Crippen LogP contribution in [0.5, 0.6) is 0 Å². The Morgan fingerprint density at radius 2 is 2.24 bits per heavy atom. The molecule has 0 aromatic rings. The Morgan fingerprint density at radius 1 is 1.47 bits per heavy atom. The first-order chi connectivity index (χ1) is 8.09. The molecule has 0 aromatic heterocycles. The van der Waals surface area contributed by atoms with Crippen LogP contribution < -0.4 is 10.6 Å². The van der Waals surface area contributed by atoms with E-state index in [0.29, 0.717) is 19.0 Å². The van der Waals surface area contributed by atoms with Crippen molar-refractivity contribution < 1.29 is 9.90 Å². The zero-order valence-electron chi connectivity index (χ0n) is 11.0. The summed E-state index contributed by atoms with van der Waals surface area (Å²) in [5, 5.41) is 15.8. The summed E-state index contributed by atoms with van der Waals surface area (Å²) in [6.07, 6.45) is 4.73. The van der Waals surface area contributed by atoms with Crippen LogP contribution in [0.3, 0.4) is 0 Å². The van der Waals surface area contributed by atoms with Gasteiger partial charge in [0.1, 0.15) is 0 Å². The molecule has 17 heavy (non-hydrogen) atoms. The molecule has 1 amide bonds. The van der Waals surface area contributed by atoms with Crippen molar-refractivity contribution in [3.63, 3.8) is 0 Å². The average molecular weight is 242 g/mol. The second-order valence-electron chi connectivity index (χ2n) is 5.30. The van der Waals surface area contributed by atoms with Gasteiger partial charge in [0, 0.05) is 19.0 Å². The second-order valence-corrected chi connectivity index (χ2v) is 5.30. The van der Waals surface area contributed by atoms with Crippen molar-refractivity contribution >= 4 is 5.91 Å². The number of aliphatic hydroxyl groups excluding tert-OH is 1. The largest absolute Gasteiger partial charge is 0.391 e. The molecule has 0 spiro atoms. The molecule has 3 N–H and O–H groups in total. The number of rotatable bonds is 6. The van der Waals surface area contributed by atoms with Crippen LogP contribution in [-0.4, -0.2) is 36.2 Å². The lowest BCUT2D eigenvalue weighted by Crippen LogP contribution is -2.37. The van der Waals surface area contributed by atoms with E-state index < -0.39 is 6.10 Å². The normalized spacial score (nSPS) is 22.5. The molecule has 0 bridgehead atoms. The third-order valence-corrected chi connectivity index (χ3v) is 3.41. The minimum absolute atomic E-state index is 0.0528. The highest BCUT2D eigenvalue weighted by molar-refractivity contribution is 5.75. The van der Waals surface area contributed by atoms with E-state index in [-0.39, 0.29) is 11.8 Å². The highest BCUT2D eigenvalue weighted by Gasteiger charge is 2.15. The molecule has 2 atom stereocenters.